The Kier molecular flexibility index (Phi) is 5.33. The van der Waals surface area contributed by atoms with Gasteiger partial charge in [-0.2, -0.15) is 0 Å². The zero-order chi connectivity index (χ0) is 16.3. The molecule has 0 aliphatic heterocycles. The van der Waals surface area contributed by atoms with Crippen molar-refractivity contribution in [2.24, 2.45) is 5.92 Å². The number of nitrogens with two attached hydrogens (primary N) is 1. The predicted octanol–water partition coefficient (Wildman–Crippen LogP) is 4.99. The lowest BCUT2D eigenvalue weighted by atomic mass is 10.0. The highest BCUT2D eigenvalue weighted by Gasteiger charge is 2.12. The molecular formula is C17H17Cl2NO2. The Morgan fingerprint density at radius 3 is 2.50 bits per heavy atom. The number of carbonyl (C=O) groups is 1. The van der Waals surface area contributed by atoms with E-state index in [2.05, 4.69) is 0 Å². The lowest BCUT2D eigenvalue weighted by Crippen LogP contribution is -2.08. The number of carbonyl (C=O) groups excluding carboxylic acids is 1. The molecule has 0 bridgehead atoms. The van der Waals surface area contributed by atoms with E-state index in [1.54, 1.807) is 36.4 Å². The summed E-state index contributed by atoms with van der Waals surface area (Å²) in [4.78, 5) is 11.9. The van der Waals surface area contributed by atoms with Gasteiger partial charge in [-0.05, 0) is 30.3 Å². The smallest absolute Gasteiger partial charge is 0.165 e. The quantitative estimate of drug-likeness (QED) is 0.617. The van der Waals surface area contributed by atoms with Gasteiger partial charge in [0.1, 0.15) is 12.4 Å². The Morgan fingerprint density at radius 2 is 1.91 bits per heavy atom. The number of hydrogen-bond donors (Lipinski definition) is 1. The molecule has 0 saturated carbocycles. The summed E-state index contributed by atoms with van der Waals surface area (Å²) in [6, 6.07) is 10.3. The zero-order valence-corrected chi connectivity index (χ0v) is 13.9. The highest BCUT2D eigenvalue weighted by Crippen LogP contribution is 2.27. The molecule has 0 spiro atoms. The maximum Gasteiger partial charge on any atom is 0.165 e. The summed E-state index contributed by atoms with van der Waals surface area (Å²) in [5.74, 6) is 0.504. The van der Waals surface area contributed by atoms with Crippen LogP contribution in [0.2, 0.25) is 10.0 Å². The maximum atomic E-state index is 11.9. The maximum absolute atomic E-state index is 11.9. The molecule has 2 rings (SSSR count). The average molecular weight is 338 g/mol. The minimum Gasteiger partial charge on any atom is -0.487 e. The number of benzene rings is 2. The second-order valence-corrected chi connectivity index (χ2v) is 6.14. The Labute approximate surface area is 140 Å². The van der Waals surface area contributed by atoms with E-state index < -0.39 is 0 Å². The van der Waals surface area contributed by atoms with Gasteiger partial charge in [-0.3, -0.25) is 4.79 Å². The van der Waals surface area contributed by atoms with Crippen LogP contribution in [0.25, 0.3) is 0 Å². The van der Waals surface area contributed by atoms with Crippen LogP contribution in [0.3, 0.4) is 0 Å². The van der Waals surface area contributed by atoms with Crippen molar-refractivity contribution in [3.8, 4) is 5.75 Å². The summed E-state index contributed by atoms with van der Waals surface area (Å²) in [7, 11) is 0. The summed E-state index contributed by atoms with van der Waals surface area (Å²) in [5, 5.41) is 1.11. The van der Waals surface area contributed by atoms with Crippen molar-refractivity contribution in [3.05, 3.63) is 57.6 Å². The van der Waals surface area contributed by atoms with Crippen LogP contribution >= 0.6 is 23.2 Å². The molecule has 2 N–H and O–H groups in total. The number of ether oxygens (including phenoxy) is 1. The van der Waals surface area contributed by atoms with Crippen LogP contribution in [0.15, 0.2) is 36.4 Å². The third kappa shape index (κ3) is 3.93. The molecule has 0 aromatic heterocycles. The van der Waals surface area contributed by atoms with Gasteiger partial charge in [0.2, 0.25) is 0 Å². The van der Waals surface area contributed by atoms with Crippen LogP contribution < -0.4 is 10.5 Å². The van der Waals surface area contributed by atoms with Crippen LogP contribution in [-0.4, -0.2) is 5.78 Å². The van der Waals surface area contributed by atoms with Crippen LogP contribution in [0, 0.1) is 5.92 Å². The van der Waals surface area contributed by atoms with E-state index >= 15 is 0 Å². The minimum atomic E-state index is -0.0703. The predicted molar refractivity (Wildman–Crippen MR) is 90.8 cm³/mol. The van der Waals surface area contributed by atoms with Gasteiger partial charge in [0, 0.05) is 27.1 Å². The Bertz CT molecular complexity index is 699. The van der Waals surface area contributed by atoms with E-state index in [1.807, 2.05) is 13.8 Å². The van der Waals surface area contributed by atoms with Gasteiger partial charge in [0.15, 0.2) is 5.78 Å². The van der Waals surface area contributed by atoms with Crippen molar-refractivity contribution in [3.63, 3.8) is 0 Å². The molecule has 0 radical (unpaired) electrons. The summed E-state index contributed by atoms with van der Waals surface area (Å²) in [5.41, 5.74) is 7.78. The second-order valence-electron chi connectivity index (χ2n) is 5.30. The topological polar surface area (TPSA) is 52.3 Å². The van der Waals surface area contributed by atoms with Crippen LogP contribution in [0.5, 0.6) is 5.75 Å². The first-order valence-electron chi connectivity index (χ1n) is 6.89. The summed E-state index contributed by atoms with van der Waals surface area (Å²) < 4.78 is 5.67. The fourth-order valence-electron chi connectivity index (χ4n) is 1.96. The number of rotatable bonds is 5. The van der Waals surface area contributed by atoms with E-state index in [-0.39, 0.29) is 18.3 Å². The van der Waals surface area contributed by atoms with Gasteiger partial charge >= 0.3 is 0 Å². The van der Waals surface area contributed by atoms with Crippen molar-refractivity contribution in [2.45, 2.75) is 20.5 Å². The third-order valence-electron chi connectivity index (χ3n) is 3.22. The van der Waals surface area contributed by atoms with E-state index in [0.717, 1.165) is 5.56 Å². The lowest BCUT2D eigenvalue weighted by Gasteiger charge is -2.12. The van der Waals surface area contributed by atoms with Crippen LogP contribution in [-0.2, 0) is 6.61 Å². The summed E-state index contributed by atoms with van der Waals surface area (Å²) >= 11 is 12.0. The Hall–Kier alpha value is -1.71. The first-order chi connectivity index (χ1) is 10.4. The molecule has 5 heteroatoms. The SMILES string of the molecule is CC(C)C(=O)c1ccc(OCc2ccc(Cl)cc2Cl)c(N)c1. The number of halogens is 2. The van der Waals surface area contributed by atoms with Gasteiger partial charge in [-0.1, -0.05) is 43.1 Å². The normalized spacial score (nSPS) is 10.8. The number of anilines is 1. The standard InChI is InChI=1S/C17H17Cl2NO2/c1-10(2)17(21)11-4-6-16(15(20)7-11)22-9-12-3-5-13(18)8-14(12)19/h3-8,10H,9,20H2,1-2H3. The zero-order valence-electron chi connectivity index (χ0n) is 12.4. The number of ketones is 1. The average Bonchev–Trinajstić information content (AvgIpc) is 2.46. The van der Waals surface area contributed by atoms with E-state index in [0.29, 0.717) is 27.0 Å². The largest absolute Gasteiger partial charge is 0.487 e. The second kappa shape index (κ2) is 7.03. The first kappa shape index (κ1) is 16.7. The van der Waals surface area contributed by atoms with E-state index in [4.69, 9.17) is 33.7 Å². The van der Waals surface area contributed by atoms with Crippen molar-refractivity contribution in [1.82, 2.24) is 0 Å². The molecule has 0 amide bonds. The number of hydrogen-bond acceptors (Lipinski definition) is 3. The van der Waals surface area contributed by atoms with Gasteiger partial charge in [-0.15, -0.1) is 0 Å². The highest BCUT2D eigenvalue weighted by molar-refractivity contribution is 6.35. The van der Waals surface area contributed by atoms with Gasteiger partial charge in [0.05, 0.1) is 5.69 Å². The Balaban J connectivity index is 2.12. The fourth-order valence-corrected chi connectivity index (χ4v) is 2.42. The van der Waals surface area contributed by atoms with Crippen LogP contribution in [0.4, 0.5) is 5.69 Å². The molecule has 116 valence electrons. The molecular weight excluding hydrogens is 321 g/mol. The van der Waals surface area contributed by atoms with Crippen molar-refractivity contribution >= 4 is 34.7 Å². The molecule has 0 saturated heterocycles. The molecule has 0 aliphatic rings. The fraction of sp³-hybridized carbons (Fsp3) is 0.235. The first-order valence-corrected chi connectivity index (χ1v) is 7.64. The molecule has 2 aromatic carbocycles. The van der Waals surface area contributed by atoms with Crippen LogP contribution in [0.1, 0.15) is 29.8 Å². The lowest BCUT2D eigenvalue weighted by molar-refractivity contribution is 0.0939. The molecule has 0 fully saturated rings. The molecule has 3 nitrogen and oxygen atoms in total. The molecule has 0 heterocycles. The molecule has 22 heavy (non-hydrogen) atoms. The minimum absolute atomic E-state index is 0.0546. The third-order valence-corrected chi connectivity index (χ3v) is 3.80. The van der Waals surface area contributed by atoms with Crippen molar-refractivity contribution in [1.29, 1.82) is 0 Å². The van der Waals surface area contributed by atoms with Crippen molar-refractivity contribution < 1.29 is 9.53 Å². The van der Waals surface area contributed by atoms with E-state index in [9.17, 15) is 4.79 Å². The summed E-state index contributed by atoms with van der Waals surface area (Å²) in [6.45, 7) is 3.98. The highest BCUT2D eigenvalue weighted by atomic mass is 35.5. The molecule has 2 aromatic rings. The van der Waals surface area contributed by atoms with Gasteiger partial charge < -0.3 is 10.5 Å². The summed E-state index contributed by atoms with van der Waals surface area (Å²) in [6.07, 6.45) is 0. The number of Topliss-reactive ketones (excluding diaryl/α,β-unsaturated/α-hetero) is 1. The molecule has 0 aliphatic carbocycles. The molecule has 0 unspecified atom stereocenters. The van der Waals surface area contributed by atoms with Crippen molar-refractivity contribution in [2.75, 3.05) is 5.73 Å². The Morgan fingerprint density at radius 1 is 1.18 bits per heavy atom. The number of nitrogen functional groups attached to an aromatic ring is 1. The van der Waals surface area contributed by atoms with E-state index in [1.165, 1.54) is 0 Å². The van der Waals surface area contributed by atoms with Gasteiger partial charge in [0.25, 0.3) is 0 Å². The van der Waals surface area contributed by atoms with Gasteiger partial charge in [-0.25, -0.2) is 0 Å². The molecule has 0 atom stereocenters. The monoisotopic (exact) mass is 337 g/mol.